The Morgan fingerprint density at radius 1 is 0.750 bits per heavy atom. The first kappa shape index (κ1) is 16.2. The molecule has 0 aromatic heterocycles. The number of carbonyl (C=O) groups is 1. The summed E-state index contributed by atoms with van der Waals surface area (Å²) in [6.07, 6.45) is 0. The van der Waals surface area contributed by atoms with Gasteiger partial charge in [-0.25, -0.2) is 0 Å². The number of carbonyl (C=O) groups excluding carboxylic acids is 1. The monoisotopic (exact) mass is 314 g/mol. The molecule has 0 atom stereocenters. The predicted molar refractivity (Wildman–Crippen MR) is 100 cm³/mol. The molecule has 120 valence electrons. The fraction of sp³-hybridized carbons (Fsp3) is 0.174. The summed E-state index contributed by atoms with van der Waals surface area (Å²) >= 11 is 0. The van der Waals surface area contributed by atoms with Crippen LogP contribution in [-0.2, 0) is 5.41 Å². The third-order valence-electron chi connectivity index (χ3n) is 4.25. The van der Waals surface area contributed by atoms with Crippen LogP contribution in [0.15, 0.2) is 78.9 Å². The second-order valence-corrected chi connectivity index (χ2v) is 7.07. The molecule has 0 saturated heterocycles. The van der Waals surface area contributed by atoms with Crippen LogP contribution in [-0.4, -0.2) is 5.78 Å². The lowest BCUT2D eigenvalue weighted by Gasteiger charge is -2.21. The van der Waals surface area contributed by atoms with Crippen LogP contribution in [0, 0.1) is 0 Å². The smallest absolute Gasteiger partial charge is 0.193 e. The van der Waals surface area contributed by atoms with Gasteiger partial charge in [-0.05, 0) is 28.2 Å². The van der Waals surface area contributed by atoms with Crippen molar-refractivity contribution in [2.24, 2.45) is 0 Å². The van der Waals surface area contributed by atoms with Gasteiger partial charge in [-0.15, -0.1) is 0 Å². The number of ketones is 1. The maximum absolute atomic E-state index is 13.1. The van der Waals surface area contributed by atoms with Crippen LogP contribution < -0.4 is 0 Å². The summed E-state index contributed by atoms with van der Waals surface area (Å²) in [5, 5.41) is 0. The van der Waals surface area contributed by atoms with Gasteiger partial charge in [-0.3, -0.25) is 4.79 Å². The summed E-state index contributed by atoms with van der Waals surface area (Å²) in [5.41, 5.74) is 4.71. The van der Waals surface area contributed by atoms with Gasteiger partial charge in [0.15, 0.2) is 5.78 Å². The minimum atomic E-state index is 0.000928. The molecule has 0 heterocycles. The SMILES string of the molecule is CC(C)(C)c1ccc(-c2ccccc2)c(C(=O)c2ccccc2)c1. The van der Waals surface area contributed by atoms with E-state index in [0.29, 0.717) is 0 Å². The van der Waals surface area contributed by atoms with Gasteiger partial charge in [0.2, 0.25) is 0 Å². The molecule has 3 aromatic carbocycles. The zero-order valence-electron chi connectivity index (χ0n) is 14.4. The summed E-state index contributed by atoms with van der Waals surface area (Å²) in [7, 11) is 0. The van der Waals surface area contributed by atoms with Crippen molar-refractivity contribution < 1.29 is 4.79 Å². The van der Waals surface area contributed by atoms with Crippen LogP contribution in [0.2, 0.25) is 0 Å². The van der Waals surface area contributed by atoms with E-state index >= 15 is 0 Å². The van der Waals surface area contributed by atoms with Crippen molar-refractivity contribution in [3.05, 3.63) is 95.6 Å². The van der Waals surface area contributed by atoms with Crippen LogP contribution in [0.5, 0.6) is 0 Å². The van der Waals surface area contributed by atoms with E-state index in [1.807, 2.05) is 60.7 Å². The summed E-state index contributed by atoms with van der Waals surface area (Å²) in [6, 6.07) is 25.9. The van der Waals surface area contributed by atoms with Crippen LogP contribution in [0.3, 0.4) is 0 Å². The average molecular weight is 314 g/mol. The Morgan fingerprint density at radius 2 is 1.33 bits per heavy atom. The van der Waals surface area contributed by atoms with Crippen LogP contribution in [0.25, 0.3) is 11.1 Å². The van der Waals surface area contributed by atoms with Crippen molar-refractivity contribution in [1.82, 2.24) is 0 Å². The molecule has 0 radical (unpaired) electrons. The van der Waals surface area contributed by atoms with Crippen LogP contribution in [0.1, 0.15) is 42.3 Å². The van der Waals surface area contributed by atoms with Crippen molar-refractivity contribution >= 4 is 5.78 Å². The lowest BCUT2D eigenvalue weighted by atomic mass is 9.83. The maximum atomic E-state index is 13.1. The molecule has 3 rings (SSSR count). The highest BCUT2D eigenvalue weighted by Crippen LogP contribution is 2.31. The van der Waals surface area contributed by atoms with E-state index in [1.165, 1.54) is 5.56 Å². The molecule has 0 amide bonds. The quantitative estimate of drug-likeness (QED) is 0.551. The van der Waals surface area contributed by atoms with E-state index in [2.05, 4.69) is 39.0 Å². The molecule has 0 fully saturated rings. The summed E-state index contributed by atoms with van der Waals surface area (Å²) in [4.78, 5) is 13.1. The van der Waals surface area contributed by atoms with Gasteiger partial charge in [-0.2, -0.15) is 0 Å². The molecule has 0 aliphatic heterocycles. The second-order valence-electron chi connectivity index (χ2n) is 7.07. The minimum Gasteiger partial charge on any atom is -0.289 e. The topological polar surface area (TPSA) is 17.1 Å². The summed E-state index contributed by atoms with van der Waals surface area (Å²) in [6.45, 7) is 6.50. The Morgan fingerprint density at radius 3 is 1.92 bits per heavy atom. The molecule has 1 nitrogen and oxygen atoms in total. The molecule has 0 bridgehead atoms. The van der Waals surface area contributed by atoms with Crippen molar-refractivity contribution in [1.29, 1.82) is 0 Å². The second kappa shape index (κ2) is 6.45. The van der Waals surface area contributed by atoms with Gasteiger partial charge >= 0.3 is 0 Å². The molecule has 3 aromatic rings. The highest BCUT2D eigenvalue weighted by Gasteiger charge is 2.20. The highest BCUT2D eigenvalue weighted by atomic mass is 16.1. The Bertz CT molecular complexity index is 840. The van der Waals surface area contributed by atoms with Gasteiger partial charge in [-0.1, -0.05) is 93.6 Å². The van der Waals surface area contributed by atoms with Crippen molar-refractivity contribution in [2.75, 3.05) is 0 Å². The van der Waals surface area contributed by atoms with E-state index in [4.69, 9.17) is 0 Å². The Labute approximate surface area is 144 Å². The van der Waals surface area contributed by atoms with E-state index in [-0.39, 0.29) is 11.2 Å². The van der Waals surface area contributed by atoms with Gasteiger partial charge in [0.05, 0.1) is 0 Å². The molecule has 0 saturated carbocycles. The Balaban J connectivity index is 2.18. The molecule has 24 heavy (non-hydrogen) atoms. The van der Waals surface area contributed by atoms with E-state index in [9.17, 15) is 4.79 Å². The van der Waals surface area contributed by atoms with Crippen LogP contribution in [0.4, 0.5) is 0 Å². The van der Waals surface area contributed by atoms with E-state index in [0.717, 1.165) is 22.3 Å². The van der Waals surface area contributed by atoms with Crippen molar-refractivity contribution in [3.8, 4) is 11.1 Å². The zero-order chi connectivity index (χ0) is 17.2. The van der Waals surface area contributed by atoms with Crippen LogP contribution >= 0.6 is 0 Å². The number of benzene rings is 3. The highest BCUT2D eigenvalue weighted by molar-refractivity contribution is 6.13. The molecular formula is C23H22O. The first-order valence-corrected chi connectivity index (χ1v) is 8.26. The molecule has 1 heteroatoms. The van der Waals surface area contributed by atoms with Crippen molar-refractivity contribution in [2.45, 2.75) is 26.2 Å². The maximum Gasteiger partial charge on any atom is 0.193 e. The first-order valence-electron chi connectivity index (χ1n) is 8.26. The molecule has 0 aliphatic rings. The largest absolute Gasteiger partial charge is 0.289 e. The predicted octanol–water partition coefficient (Wildman–Crippen LogP) is 5.88. The first-order chi connectivity index (χ1) is 11.5. The van der Waals surface area contributed by atoms with Gasteiger partial charge in [0.25, 0.3) is 0 Å². The van der Waals surface area contributed by atoms with E-state index in [1.54, 1.807) is 0 Å². The lowest BCUT2D eigenvalue weighted by molar-refractivity contribution is 0.103. The van der Waals surface area contributed by atoms with Crippen molar-refractivity contribution in [3.63, 3.8) is 0 Å². The summed E-state index contributed by atoms with van der Waals surface area (Å²) in [5.74, 6) is 0.0700. The fourth-order valence-corrected chi connectivity index (χ4v) is 2.81. The molecular weight excluding hydrogens is 292 g/mol. The fourth-order valence-electron chi connectivity index (χ4n) is 2.81. The average Bonchev–Trinajstić information content (AvgIpc) is 2.61. The molecule has 0 N–H and O–H groups in total. The number of rotatable bonds is 3. The minimum absolute atomic E-state index is 0.000928. The third kappa shape index (κ3) is 3.30. The van der Waals surface area contributed by atoms with Gasteiger partial charge < -0.3 is 0 Å². The van der Waals surface area contributed by atoms with Gasteiger partial charge in [0.1, 0.15) is 0 Å². The standard InChI is InChI=1S/C23H22O/c1-23(2,3)19-14-15-20(17-10-6-4-7-11-17)21(16-19)22(24)18-12-8-5-9-13-18/h4-16H,1-3H3. The normalized spacial score (nSPS) is 11.3. The zero-order valence-corrected chi connectivity index (χ0v) is 14.4. The summed E-state index contributed by atoms with van der Waals surface area (Å²) < 4.78 is 0. The van der Waals surface area contributed by atoms with E-state index < -0.39 is 0 Å². The Hall–Kier alpha value is -2.67. The third-order valence-corrected chi connectivity index (χ3v) is 4.25. The number of hydrogen-bond acceptors (Lipinski definition) is 1. The molecule has 0 unspecified atom stereocenters. The lowest BCUT2D eigenvalue weighted by Crippen LogP contribution is -2.13. The Kier molecular flexibility index (Phi) is 4.35. The van der Waals surface area contributed by atoms with Gasteiger partial charge in [0, 0.05) is 11.1 Å². The molecule has 0 spiro atoms. The number of hydrogen-bond donors (Lipinski definition) is 0. The molecule has 0 aliphatic carbocycles.